The van der Waals surface area contributed by atoms with E-state index in [1.54, 1.807) is 0 Å². The maximum absolute atomic E-state index is 6.08. The summed E-state index contributed by atoms with van der Waals surface area (Å²) in [5, 5.41) is 0. The van der Waals surface area contributed by atoms with Crippen molar-refractivity contribution in [2.24, 2.45) is 5.73 Å². The highest BCUT2D eigenvalue weighted by Crippen LogP contribution is 2.37. The summed E-state index contributed by atoms with van der Waals surface area (Å²) >= 11 is 6.08. The van der Waals surface area contributed by atoms with Gasteiger partial charge in [0.05, 0.1) is 0 Å². The smallest absolute Gasteiger partial charge is 0.117 e. The van der Waals surface area contributed by atoms with Gasteiger partial charge in [-0.15, -0.1) is 0 Å². The Morgan fingerprint density at radius 1 is 1.36 bits per heavy atom. The molecule has 1 unspecified atom stereocenters. The van der Waals surface area contributed by atoms with Crippen molar-refractivity contribution in [2.45, 2.75) is 17.8 Å². The molecule has 2 N–H and O–H groups in total. The van der Waals surface area contributed by atoms with Crippen LogP contribution in [0.25, 0.3) is 0 Å². The molecule has 2 rings (SSSR count). The van der Waals surface area contributed by atoms with Crippen LogP contribution in [0.2, 0.25) is 0 Å². The summed E-state index contributed by atoms with van der Waals surface area (Å²) in [6.45, 7) is 0. The number of hydrogen-bond donors (Lipinski definition) is 1. The number of alkyl halides is 1. The van der Waals surface area contributed by atoms with Crippen molar-refractivity contribution >= 4 is 11.6 Å². The van der Waals surface area contributed by atoms with Gasteiger partial charge in [0.1, 0.15) is 5.00 Å². The summed E-state index contributed by atoms with van der Waals surface area (Å²) in [4.78, 5) is -0.601. The van der Waals surface area contributed by atoms with Crippen LogP contribution >= 0.6 is 11.6 Å². The summed E-state index contributed by atoms with van der Waals surface area (Å²) in [6, 6.07) is 8.10. The van der Waals surface area contributed by atoms with E-state index < -0.39 is 5.00 Å². The fourth-order valence-electron chi connectivity index (χ4n) is 1.60. The first-order valence-corrected chi connectivity index (χ1v) is 4.14. The maximum atomic E-state index is 6.08. The molecule has 0 heterocycles. The first-order valence-electron chi connectivity index (χ1n) is 3.76. The lowest BCUT2D eigenvalue weighted by atomic mass is 10.1. The number of fused-ring (bicyclic) bond motifs is 1. The van der Waals surface area contributed by atoms with Gasteiger partial charge in [0.2, 0.25) is 0 Å². The molecule has 1 atom stereocenters. The topological polar surface area (TPSA) is 26.0 Å². The van der Waals surface area contributed by atoms with E-state index >= 15 is 0 Å². The van der Waals surface area contributed by atoms with Gasteiger partial charge in [-0.25, -0.2) is 0 Å². The highest BCUT2D eigenvalue weighted by Gasteiger charge is 2.31. The van der Waals surface area contributed by atoms with Gasteiger partial charge in [-0.1, -0.05) is 35.9 Å². The van der Waals surface area contributed by atoms with Gasteiger partial charge in [-0.05, 0) is 24.0 Å². The number of rotatable bonds is 0. The van der Waals surface area contributed by atoms with Gasteiger partial charge >= 0.3 is 0 Å². The number of hydrogen-bond acceptors (Lipinski definition) is 1. The van der Waals surface area contributed by atoms with Gasteiger partial charge in [0, 0.05) is 0 Å². The zero-order chi connectivity index (χ0) is 7.90. The van der Waals surface area contributed by atoms with Crippen LogP contribution < -0.4 is 5.73 Å². The Balaban J connectivity index is 2.56. The number of nitrogens with two attached hydrogens (primary N) is 1. The molecule has 0 aliphatic heterocycles. The number of halogens is 1. The summed E-state index contributed by atoms with van der Waals surface area (Å²) in [6.07, 6.45) is 1.87. The minimum Gasteiger partial charge on any atom is -0.309 e. The molecule has 0 radical (unpaired) electrons. The molecule has 0 saturated heterocycles. The van der Waals surface area contributed by atoms with Crippen LogP contribution in [0.4, 0.5) is 0 Å². The lowest BCUT2D eigenvalue weighted by molar-refractivity contribution is 0.633. The van der Waals surface area contributed by atoms with E-state index in [4.69, 9.17) is 17.3 Å². The van der Waals surface area contributed by atoms with Crippen molar-refractivity contribution in [3.8, 4) is 0 Å². The van der Waals surface area contributed by atoms with Crippen LogP contribution in [0, 0.1) is 0 Å². The number of benzene rings is 1. The normalized spacial score (nSPS) is 28.5. The molecule has 1 aromatic rings. The van der Waals surface area contributed by atoms with E-state index in [2.05, 4.69) is 6.07 Å². The molecule has 1 aliphatic rings. The molecule has 0 saturated carbocycles. The molecule has 11 heavy (non-hydrogen) atoms. The SMILES string of the molecule is NC1(Cl)CCc2ccccc21. The third kappa shape index (κ3) is 1.05. The second-order valence-corrected chi connectivity index (χ2v) is 3.69. The van der Waals surface area contributed by atoms with Crippen LogP contribution in [0.3, 0.4) is 0 Å². The minimum absolute atomic E-state index is 0.601. The lowest BCUT2D eigenvalue weighted by Gasteiger charge is -2.15. The average molecular weight is 168 g/mol. The molecule has 1 nitrogen and oxygen atoms in total. The van der Waals surface area contributed by atoms with E-state index in [0.29, 0.717) is 0 Å². The zero-order valence-corrected chi connectivity index (χ0v) is 6.93. The second kappa shape index (κ2) is 2.23. The minimum atomic E-state index is -0.601. The fraction of sp³-hybridized carbons (Fsp3) is 0.333. The van der Waals surface area contributed by atoms with E-state index in [-0.39, 0.29) is 0 Å². The van der Waals surface area contributed by atoms with E-state index in [1.807, 2.05) is 18.2 Å². The number of aryl methyl sites for hydroxylation is 1. The van der Waals surface area contributed by atoms with Crippen LogP contribution in [-0.4, -0.2) is 0 Å². The molecular weight excluding hydrogens is 158 g/mol. The van der Waals surface area contributed by atoms with Gasteiger partial charge < -0.3 is 5.73 Å². The second-order valence-electron chi connectivity index (χ2n) is 3.02. The lowest BCUT2D eigenvalue weighted by Crippen LogP contribution is -2.26. The largest absolute Gasteiger partial charge is 0.309 e. The zero-order valence-electron chi connectivity index (χ0n) is 6.18. The molecule has 1 aromatic carbocycles. The van der Waals surface area contributed by atoms with E-state index in [0.717, 1.165) is 18.4 Å². The Labute approximate surface area is 71.2 Å². The summed E-state index contributed by atoms with van der Waals surface area (Å²) < 4.78 is 0. The van der Waals surface area contributed by atoms with Gasteiger partial charge in [0.15, 0.2) is 0 Å². The Morgan fingerprint density at radius 3 is 2.82 bits per heavy atom. The molecule has 0 amide bonds. The highest BCUT2D eigenvalue weighted by molar-refractivity contribution is 6.24. The van der Waals surface area contributed by atoms with Crippen LogP contribution in [0.15, 0.2) is 24.3 Å². The average Bonchev–Trinajstić information content (AvgIpc) is 2.29. The van der Waals surface area contributed by atoms with Crippen molar-refractivity contribution in [3.05, 3.63) is 35.4 Å². The van der Waals surface area contributed by atoms with Gasteiger partial charge in [0.25, 0.3) is 0 Å². The Hall–Kier alpha value is -0.530. The standard InChI is InChI=1S/C9H10ClN/c10-9(11)6-5-7-3-1-2-4-8(7)9/h1-4H,5-6,11H2. The first kappa shape index (κ1) is 7.14. The Morgan fingerprint density at radius 2 is 2.09 bits per heavy atom. The Kier molecular flexibility index (Phi) is 1.44. The summed E-state index contributed by atoms with van der Waals surface area (Å²) in [5.74, 6) is 0. The van der Waals surface area contributed by atoms with E-state index in [9.17, 15) is 0 Å². The van der Waals surface area contributed by atoms with Crippen molar-refractivity contribution in [1.82, 2.24) is 0 Å². The quantitative estimate of drug-likeness (QED) is 0.464. The van der Waals surface area contributed by atoms with Crippen LogP contribution in [0.5, 0.6) is 0 Å². The Bertz CT molecular complexity index is 281. The first-order chi connectivity index (χ1) is 5.20. The molecule has 2 heteroatoms. The van der Waals surface area contributed by atoms with Gasteiger partial charge in [-0.2, -0.15) is 0 Å². The maximum Gasteiger partial charge on any atom is 0.117 e. The monoisotopic (exact) mass is 167 g/mol. The predicted octanol–water partition coefficient (Wildman–Crippen LogP) is 1.98. The van der Waals surface area contributed by atoms with Crippen LogP contribution in [0.1, 0.15) is 17.5 Å². The molecule has 0 fully saturated rings. The highest BCUT2D eigenvalue weighted by atomic mass is 35.5. The molecule has 0 bridgehead atoms. The van der Waals surface area contributed by atoms with E-state index in [1.165, 1.54) is 5.56 Å². The van der Waals surface area contributed by atoms with Crippen molar-refractivity contribution in [3.63, 3.8) is 0 Å². The van der Waals surface area contributed by atoms with Gasteiger partial charge in [-0.3, -0.25) is 0 Å². The summed E-state index contributed by atoms with van der Waals surface area (Å²) in [5.41, 5.74) is 8.25. The molecule has 58 valence electrons. The third-order valence-corrected chi connectivity index (χ3v) is 2.62. The molecule has 1 aliphatic carbocycles. The molecule has 0 spiro atoms. The third-order valence-electron chi connectivity index (χ3n) is 2.22. The molecular formula is C9H10ClN. The molecule has 0 aromatic heterocycles. The summed E-state index contributed by atoms with van der Waals surface area (Å²) in [7, 11) is 0. The van der Waals surface area contributed by atoms with Crippen LogP contribution in [-0.2, 0) is 11.4 Å². The van der Waals surface area contributed by atoms with Crippen molar-refractivity contribution in [1.29, 1.82) is 0 Å². The predicted molar refractivity (Wildman–Crippen MR) is 46.5 cm³/mol. The van der Waals surface area contributed by atoms with Crippen molar-refractivity contribution in [2.75, 3.05) is 0 Å². The van der Waals surface area contributed by atoms with Crippen molar-refractivity contribution < 1.29 is 0 Å². The fourth-order valence-corrected chi connectivity index (χ4v) is 1.87.